The number of likely N-dealkylation sites (tertiary alicyclic amines) is 1. The summed E-state index contributed by atoms with van der Waals surface area (Å²) in [6.45, 7) is 4.28. The van der Waals surface area contributed by atoms with E-state index in [0.717, 1.165) is 26.2 Å². The number of fused-ring (bicyclic) bond motifs is 1. The summed E-state index contributed by atoms with van der Waals surface area (Å²) in [5.74, 6) is 0.691. The van der Waals surface area contributed by atoms with E-state index in [9.17, 15) is 4.79 Å². The van der Waals surface area contributed by atoms with Gasteiger partial charge in [0.15, 0.2) is 0 Å². The summed E-state index contributed by atoms with van der Waals surface area (Å²) in [5, 5.41) is 11.9. The number of carboxylic acids is 1. The van der Waals surface area contributed by atoms with Gasteiger partial charge in [0, 0.05) is 13.1 Å². The Morgan fingerprint density at radius 3 is 2.50 bits per heavy atom. The van der Waals surface area contributed by atoms with E-state index in [1.807, 2.05) is 4.90 Å². The molecule has 12 heavy (non-hydrogen) atoms. The van der Waals surface area contributed by atoms with E-state index >= 15 is 0 Å². The van der Waals surface area contributed by atoms with Gasteiger partial charge in [0.1, 0.15) is 0 Å². The molecule has 2 unspecified atom stereocenters. The van der Waals surface area contributed by atoms with Gasteiger partial charge in [0.25, 0.3) is 0 Å². The molecular weight excluding hydrogens is 156 g/mol. The van der Waals surface area contributed by atoms with E-state index < -0.39 is 5.97 Å². The van der Waals surface area contributed by atoms with E-state index in [1.54, 1.807) is 0 Å². The fourth-order valence-corrected chi connectivity index (χ4v) is 2.27. The smallest absolute Gasteiger partial charge is 0.317 e. The highest BCUT2D eigenvalue weighted by Gasteiger charge is 2.36. The Labute approximate surface area is 71.5 Å². The van der Waals surface area contributed by atoms with E-state index in [0.29, 0.717) is 11.8 Å². The molecular formula is C8H14N2O2. The Morgan fingerprint density at radius 1 is 1.42 bits per heavy atom. The van der Waals surface area contributed by atoms with Gasteiger partial charge in [-0.3, -0.25) is 9.69 Å². The first kappa shape index (κ1) is 8.01. The van der Waals surface area contributed by atoms with Crippen molar-refractivity contribution in [3.8, 4) is 0 Å². The molecule has 2 aliphatic rings. The lowest BCUT2D eigenvalue weighted by Gasteiger charge is -2.13. The predicted octanol–water partition coefficient (Wildman–Crippen LogP) is -0.778. The number of nitrogens with one attached hydrogen (secondary N) is 1. The molecule has 68 valence electrons. The fourth-order valence-electron chi connectivity index (χ4n) is 2.27. The van der Waals surface area contributed by atoms with Crippen LogP contribution in [0.3, 0.4) is 0 Å². The molecule has 0 saturated carbocycles. The van der Waals surface area contributed by atoms with Crippen molar-refractivity contribution in [2.24, 2.45) is 11.8 Å². The molecule has 2 rings (SSSR count). The summed E-state index contributed by atoms with van der Waals surface area (Å²) in [6, 6.07) is 0. The predicted molar refractivity (Wildman–Crippen MR) is 43.9 cm³/mol. The van der Waals surface area contributed by atoms with Crippen LogP contribution in [0, 0.1) is 11.8 Å². The van der Waals surface area contributed by atoms with Gasteiger partial charge in [0.2, 0.25) is 0 Å². The van der Waals surface area contributed by atoms with Gasteiger partial charge in [-0.1, -0.05) is 0 Å². The van der Waals surface area contributed by atoms with Crippen LogP contribution in [0.2, 0.25) is 0 Å². The van der Waals surface area contributed by atoms with E-state index in [2.05, 4.69) is 5.32 Å². The van der Waals surface area contributed by atoms with Gasteiger partial charge in [-0.2, -0.15) is 0 Å². The average Bonchev–Trinajstić information content (AvgIpc) is 2.43. The van der Waals surface area contributed by atoms with Gasteiger partial charge in [-0.25, -0.2) is 0 Å². The summed E-state index contributed by atoms with van der Waals surface area (Å²) in [6.07, 6.45) is 0. The van der Waals surface area contributed by atoms with Crippen LogP contribution in [0.15, 0.2) is 0 Å². The third-order valence-corrected chi connectivity index (χ3v) is 2.82. The van der Waals surface area contributed by atoms with Crippen molar-refractivity contribution >= 4 is 5.97 Å². The van der Waals surface area contributed by atoms with Crippen LogP contribution in [0.5, 0.6) is 0 Å². The molecule has 2 saturated heterocycles. The lowest BCUT2D eigenvalue weighted by molar-refractivity contribution is -0.138. The molecule has 0 aromatic rings. The zero-order valence-electron chi connectivity index (χ0n) is 6.99. The van der Waals surface area contributed by atoms with Gasteiger partial charge >= 0.3 is 5.97 Å². The lowest BCUT2D eigenvalue weighted by atomic mass is 10.0. The second kappa shape index (κ2) is 3.03. The topological polar surface area (TPSA) is 52.6 Å². The molecule has 0 amide bonds. The minimum atomic E-state index is -0.706. The van der Waals surface area contributed by atoms with Crippen molar-refractivity contribution in [3.63, 3.8) is 0 Å². The Morgan fingerprint density at radius 2 is 2.00 bits per heavy atom. The minimum Gasteiger partial charge on any atom is -0.480 e. The first-order valence-electron chi connectivity index (χ1n) is 4.40. The number of hydrogen-bond donors (Lipinski definition) is 2. The largest absolute Gasteiger partial charge is 0.480 e. The van der Waals surface area contributed by atoms with Crippen LogP contribution < -0.4 is 5.32 Å². The first-order valence-corrected chi connectivity index (χ1v) is 4.40. The van der Waals surface area contributed by atoms with E-state index in [-0.39, 0.29) is 6.54 Å². The summed E-state index contributed by atoms with van der Waals surface area (Å²) in [7, 11) is 0. The molecule has 2 aliphatic heterocycles. The second-order valence-electron chi connectivity index (χ2n) is 3.77. The summed E-state index contributed by atoms with van der Waals surface area (Å²) < 4.78 is 0. The van der Waals surface area contributed by atoms with Gasteiger partial charge in [-0.05, 0) is 24.9 Å². The molecule has 2 fully saturated rings. The highest BCUT2D eigenvalue weighted by molar-refractivity contribution is 5.69. The van der Waals surface area contributed by atoms with Crippen LogP contribution in [-0.2, 0) is 4.79 Å². The van der Waals surface area contributed by atoms with Crippen molar-refractivity contribution < 1.29 is 9.90 Å². The molecule has 0 aliphatic carbocycles. The molecule has 4 heteroatoms. The van der Waals surface area contributed by atoms with Crippen LogP contribution in [-0.4, -0.2) is 48.7 Å². The van der Waals surface area contributed by atoms with Crippen molar-refractivity contribution in [2.75, 3.05) is 32.7 Å². The van der Waals surface area contributed by atoms with E-state index in [4.69, 9.17) is 5.11 Å². The number of nitrogens with zero attached hydrogens (tertiary/aromatic N) is 1. The normalized spacial score (nSPS) is 35.3. The minimum absolute atomic E-state index is 0.215. The second-order valence-corrected chi connectivity index (χ2v) is 3.77. The molecule has 0 bridgehead atoms. The summed E-state index contributed by atoms with van der Waals surface area (Å²) in [5.41, 5.74) is 0. The average molecular weight is 170 g/mol. The van der Waals surface area contributed by atoms with Crippen LogP contribution in [0.4, 0.5) is 0 Å². The molecule has 0 aromatic heterocycles. The fraction of sp³-hybridized carbons (Fsp3) is 0.875. The molecule has 0 spiro atoms. The number of hydrogen-bond acceptors (Lipinski definition) is 3. The molecule has 0 radical (unpaired) electrons. The van der Waals surface area contributed by atoms with Crippen LogP contribution in [0.25, 0.3) is 0 Å². The molecule has 0 aromatic carbocycles. The summed E-state index contributed by atoms with van der Waals surface area (Å²) in [4.78, 5) is 12.5. The highest BCUT2D eigenvalue weighted by Crippen LogP contribution is 2.25. The number of rotatable bonds is 2. The van der Waals surface area contributed by atoms with Crippen LogP contribution in [0.1, 0.15) is 0 Å². The number of aliphatic carboxylic acids is 1. The zero-order chi connectivity index (χ0) is 8.55. The highest BCUT2D eigenvalue weighted by atomic mass is 16.4. The van der Waals surface area contributed by atoms with Crippen molar-refractivity contribution in [2.45, 2.75) is 0 Å². The van der Waals surface area contributed by atoms with Crippen molar-refractivity contribution in [3.05, 3.63) is 0 Å². The van der Waals surface area contributed by atoms with Gasteiger partial charge in [-0.15, -0.1) is 0 Å². The molecule has 2 N–H and O–H groups in total. The zero-order valence-corrected chi connectivity index (χ0v) is 6.99. The Kier molecular flexibility index (Phi) is 2.02. The van der Waals surface area contributed by atoms with Gasteiger partial charge in [0.05, 0.1) is 6.54 Å². The Balaban J connectivity index is 1.86. The Bertz CT molecular complexity index is 183. The maximum Gasteiger partial charge on any atom is 0.317 e. The molecule has 2 atom stereocenters. The SMILES string of the molecule is O=C(O)CN1CC2CNCC2C1. The maximum atomic E-state index is 10.4. The maximum absolute atomic E-state index is 10.4. The van der Waals surface area contributed by atoms with Crippen molar-refractivity contribution in [1.82, 2.24) is 10.2 Å². The first-order chi connectivity index (χ1) is 5.75. The number of carboxylic acid groups (broad SMARTS) is 1. The standard InChI is InChI=1S/C8H14N2O2/c11-8(12)5-10-3-6-1-9-2-7(6)4-10/h6-7,9H,1-5H2,(H,11,12). The quantitative estimate of drug-likeness (QED) is 0.571. The van der Waals surface area contributed by atoms with Crippen LogP contribution >= 0.6 is 0 Å². The Hall–Kier alpha value is -0.610. The summed E-state index contributed by atoms with van der Waals surface area (Å²) >= 11 is 0. The van der Waals surface area contributed by atoms with Gasteiger partial charge < -0.3 is 10.4 Å². The number of carbonyl (C=O) groups is 1. The molecule has 2 heterocycles. The molecule has 4 nitrogen and oxygen atoms in total. The van der Waals surface area contributed by atoms with E-state index in [1.165, 1.54) is 0 Å². The monoisotopic (exact) mass is 170 g/mol. The lowest BCUT2D eigenvalue weighted by Crippen LogP contribution is -2.30. The third kappa shape index (κ3) is 1.44. The third-order valence-electron chi connectivity index (χ3n) is 2.82. The van der Waals surface area contributed by atoms with Crippen molar-refractivity contribution in [1.29, 1.82) is 0 Å².